The lowest BCUT2D eigenvalue weighted by molar-refractivity contribution is -0.115. The Hall–Kier alpha value is -2.64. The van der Waals surface area contributed by atoms with Crippen molar-refractivity contribution in [2.24, 2.45) is 5.73 Å². The van der Waals surface area contributed by atoms with Crippen LogP contribution >= 0.6 is 23.1 Å². The minimum Gasteiger partial charge on any atom is -0.369 e. The van der Waals surface area contributed by atoms with Crippen LogP contribution in [-0.4, -0.2) is 22.6 Å². The fourth-order valence-corrected chi connectivity index (χ4v) is 4.23. The molecule has 138 valence electrons. The van der Waals surface area contributed by atoms with E-state index in [9.17, 15) is 9.59 Å². The number of primary amides is 1. The van der Waals surface area contributed by atoms with Crippen molar-refractivity contribution in [3.05, 3.63) is 65.2 Å². The first kappa shape index (κ1) is 19.1. The molecule has 3 rings (SSSR count). The second-order valence-electron chi connectivity index (χ2n) is 6.03. The lowest BCUT2D eigenvalue weighted by Crippen LogP contribution is -2.12. The first-order chi connectivity index (χ1) is 12.9. The number of nitrogens with two attached hydrogens (primary N) is 1. The minimum atomic E-state index is -0.405. The minimum absolute atomic E-state index is 0.145. The fraction of sp³-hybridized carbons (Fsp3) is 0.150. The first-order valence-electron chi connectivity index (χ1n) is 8.30. The number of carbonyl (C=O) groups excluding carboxylic acids is 2. The van der Waals surface area contributed by atoms with E-state index in [4.69, 9.17) is 5.73 Å². The summed E-state index contributed by atoms with van der Waals surface area (Å²) in [6, 6.07) is 15.2. The van der Waals surface area contributed by atoms with Gasteiger partial charge in [0.1, 0.15) is 10.7 Å². The maximum atomic E-state index is 12.7. The van der Waals surface area contributed by atoms with Crippen LogP contribution in [0, 0.1) is 13.8 Å². The summed E-state index contributed by atoms with van der Waals surface area (Å²) in [5.74, 6) is -0.450. The van der Waals surface area contributed by atoms with Crippen molar-refractivity contribution in [3.8, 4) is 11.3 Å². The van der Waals surface area contributed by atoms with Gasteiger partial charge < -0.3 is 11.1 Å². The maximum absolute atomic E-state index is 12.7. The lowest BCUT2D eigenvalue weighted by Gasteiger charge is -2.07. The van der Waals surface area contributed by atoms with Gasteiger partial charge in [-0.25, -0.2) is 4.98 Å². The number of nitrogens with one attached hydrogen (secondary N) is 1. The Morgan fingerprint density at radius 3 is 2.52 bits per heavy atom. The summed E-state index contributed by atoms with van der Waals surface area (Å²) in [7, 11) is 0. The summed E-state index contributed by atoms with van der Waals surface area (Å²) in [4.78, 5) is 28.4. The molecule has 3 N–H and O–H groups in total. The van der Waals surface area contributed by atoms with E-state index in [2.05, 4.69) is 10.3 Å². The van der Waals surface area contributed by atoms with Gasteiger partial charge in [0.05, 0.1) is 5.75 Å². The zero-order valence-electron chi connectivity index (χ0n) is 15.0. The Labute approximate surface area is 166 Å². The van der Waals surface area contributed by atoms with Crippen molar-refractivity contribution in [1.82, 2.24) is 4.98 Å². The zero-order chi connectivity index (χ0) is 19.4. The van der Waals surface area contributed by atoms with E-state index in [0.29, 0.717) is 20.6 Å². The molecule has 0 radical (unpaired) electrons. The number of amides is 2. The first-order valence-corrected chi connectivity index (χ1v) is 10.1. The Morgan fingerprint density at radius 2 is 1.85 bits per heavy atom. The Balaban J connectivity index is 1.91. The second-order valence-corrected chi connectivity index (χ2v) is 8.25. The number of thioether (sulfide) groups is 1. The number of anilines is 1. The van der Waals surface area contributed by atoms with Crippen LogP contribution in [0.3, 0.4) is 0 Å². The van der Waals surface area contributed by atoms with Gasteiger partial charge in [0.2, 0.25) is 5.91 Å². The molecule has 0 atom stereocenters. The second kappa shape index (κ2) is 8.37. The van der Waals surface area contributed by atoms with E-state index < -0.39 is 5.91 Å². The molecule has 0 saturated heterocycles. The van der Waals surface area contributed by atoms with E-state index in [1.807, 2.05) is 62.4 Å². The van der Waals surface area contributed by atoms with Gasteiger partial charge in [-0.1, -0.05) is 59.5 Å². The number of carbonyl (C=O) groups is 2. The molecule has 0 unspecified atom stereocenters. The van der Waals surface area contributed by atoms with Crippen molar-refractivity contribution in [2.45, 2.75) is 18.2 Å². The predicted octanol–water partition coefficient (Wildman–Crippen LogP) is 4.26. The topological polar surface area (TPSA) is 85.1 Å². The number of aryl methyl sites for hydroxylation is 2. The van der Waals surface area contributed by atoms with Gasteiger partial charge in [0.25, 0.3) is 5.91 Å². The van der Waals surface area contributed by atoms with Gasteiger partial charge in [0, 0.05) is 11.1 Å². The highest BCUT2D eigenvalue weighted by Gasteiger charge is 2.17. The summed E-state index contributed by atoms with van der Waals surface area (Å²) < 4.78 is 0.683. The average molecular weight is 398 g/mol. The largest absolute Gasteiger partial charge is 0.369 e. The van der Waals surface area contributed by atoms with Crippen LogP contribution in [0.1, 0.15) is 21.5 Å². The molecule has 1 aromatic heterocycles. The van der Waals surface area contributed by atoms with Crippen molar-refractivity contribution in [3.63, 3.8) is 0 Å². The molecule has 0 aliphatic carbocycles. The molecular weight excluding hydrogens is 378 g/mol. The highest BCUT2D eigenvalue weighted by Crippen LogP contribution is 2.37. The molecule has 0 fully saturated rings. The molecular formula is C20H19N3O2S2. The maximum Gasteiger partial charge on any atom is 0.256 e. The van der Waals surface area contributed by atoms with E-state index in [1.54, 1.807) is 0 Å². The van der Waals surface area contributed by atoms with Gasteiger partial charge in [-0.3, -0.25) is 9.59 Å². The van der Waals surface area contributed by atoms with Crippen LogP contribution < -0.4 is 11.1 Å². The van der Waals surface area contributed by atoms with Gasteiger partial charge >= 0.3 is 0 Å². The van der Waals surface area contributed by atoms with Gasteiger partial charge in [-0.15, -0.1) is 0 Å². The van der Waals surface area contributed by atoms with Crippen molar-refractivity contribution < 1.29 is 9.59 Å². The number of rotatable bonds is 6. The summed E-state index contributed by atoms with van der Waals surface area (Å²) in [5.41, 5.74) is 9.61. The number of aromatic nitrogens is 1. The summed E-state index contributed by atoms with van der Waals surface area (Å²) in [5, 5.41) is 3.62. The molecule has 0 saturated carbocycles. The van der Waals surface area contributed by atoms with E-state index in [1.165, 1.54) is 23.1 Å². The van der Waals surface area contributed by atoms with Crippen LogP contribution in [0.4, 0.5) is 5.00 Å². The summed E-state index contributed by atoms with van der Waals surface area (Å²) in [6.45, 7) is 3.99. The SMILES string of the molecule is Cc1ccc(C(=O)Nc2sc(SCC(N)=O)nc2-c2ccccc2)cc1C. The summed E-state index contributed by atoms with van der Waals surface area (Å²) >= 11 is 2.61. The molecule has 2 amide bonds. The number of hydrogen-bond donors (Lipinski definition) is 2. The quantitative estimate of drug-likeness (QED) is 0.609. The highest BCUT2D eigenvalue weighted by molar-refractivity contribution is 8.01. The van der Waals surface area contributed by atoms with Crippen molar-refractivity contribution >= 4 is 39.9 Å². The van der Waals surface area contributed by atoms with Crippen molar-refractivity contribution in [2.75, 3.05) is 11.1 Å². The summed E-state index contributed by atoms with van der Waals surface area (Å²) in [6.07, 6.45) is 0. The average Bonchev–Trinajstić information content (AvgIpc) is 3.05. The molecule has 1 heterocycles. The molecule has 2 aromatic carbocycles. The molecule has 7 heteroatoms. The van der Waals surface area contributed by atoms with Crippen LogP contribution in [0.15, 0.2) is 52.9 Å². The third kappa shape index (κ3) is 4.75. The highest BCUT2D eigenvalue weighted by atomic mass is 32.2. The fourth-order valence-electron chi connectivity index (χ4n) is 2.43. The van der Waals surface area contributed by atoms with Crippen molar-refractivity contribution in [1.29, 1.82) is 0 Å². The molecule has 0 aliphatic rings. The number of thiazole rings is 1. The normalized spacial score (nSPS) is 10.6. The standard InChI is InChI=1S/C20H19N3O2S2/c1-12-8-9-15(10-13(12)2)18(25)23-19-17(14-6-4-3-5-7-14)22-20(27-19)26-11-16(21)24/h3-10H,11H2,1-2H3,(H2,21,24)(H,23,25). The third-order valence-electron chi connectivity index (χ3n) is 3.99. The third-order valence-corrected chi connectivity index (χ3v) is 6.12. The number of nitrogens with zero attached hydrogens (tertiary/aromatic N) is 1. The van der Waals surface area contributed by atoms with Crippen LogP contribution in [0.25, 0.3) is 11.3 Å². The molecule has 0 spiro atoms. The molecule has 5 nitrogen and oxygen atoms in total. The number of hydrogen-bond acceptors (Lipinski definition) is 5. The van der Waals surface area contributed by atoms with Crippen LogP contribution in [-0.2, 0) is 4.79 Å². The van der Waals surface area contributed by atoms with E-state index in [0.717, 1.165) is 16.7 Å². The smallest absolute Gasteiger partial charge is 0.256 e. The zero-order valence-corrected chi connectivity index (χ0v) is 16.6. The lowest BCUT2D eigenvalue weighted by atomic mass is 10.1. The Kier molecular flexibility index (Phi) is 5.93. The van der Waals surface area contributed by atoms with E-state index >= 15 is 0 Å². The predicted molar refractivity (Wildman–Crippen MR) is 111 cm³/mol. The molecule has 27 heavy (non-hydrogen) atoms. The van der Waals surface area contributed by atoms with Gasteiger partial charge in [0.15, 0.2) is 4.34 Å². The van der Waals surface area contributed by atoms with Crippen LogP contribution in [0.5, 0.6) is 0 Å². The monoisotopic (exact) mass is 397 g/mol. The molecule has 3 aromatic rings. The van der Waals surface area contributed by atoms with Crippen LogP contribution in [0.2, 0.25) is 0 Å². The van der Waals surface area contributed by atoms with Gasteiger partial charge in [-0.05, 0) is 37.1 Å². The van der Waals surface area contributed by atoms with E-state index in [-0.39, 0.29) is 11.7 Å². The number of benzene rings is 2. The Bertz CT molecular complexity index is 984. The Morgan fingerprint density at radius 1 is 1.11 bits per heavy atom. The van der Waals surface area contributed by atoms with Gasteiger partial charge in [-0.2, -0.15) is 0 Å². The molecule has 0 bridgehead atoms. The molecule has 0 aliphatic heterocycles.